The minimum Gasteiger partial charge on any atom is -0.351 e. The SMILES string of the molecule is O=C(NC(CI)CCCCNC(=O)c1ccccn1)c1ccc(NN=Cc2ccccc2S(=O)(=O)O)nc1. The Hall–Kier alpha value is -3.43. The summed E-state index contributed by atoms with van der Waals surface area (Å²) in [6.45, 7) is 0.527. The van der Waals surface area contributed by atoms with Gasteiger partial charge in [-0.05, 0) is 49.6 Å². The molecule has 1 atom stereocenters. The van der Waals surface area contributed by atoms with Crippen molar-refractivity contribution in [1.82, 2.24) is 20.6 Å². The number of hydrogen-bond donors (Lipinski definition) is 4. The molecular formula is C25H27IN6O5S. The fourth-order valence-electron chi connectivity index (χ4n) is 3.35. The highest BCUT2D eigenvalue weighted by Gasteiger charge is 2.14. The van der Waals surface area contributed by atoms with Gasteiger partial charge >= 0.3 is 0 Å². The summed E-state index contributed by atoms with van der Waals surface area (Å²) >= 11 is 2.23. The van der Waals surface area contributed by atoms with Gasteiger partial charge in [-0.1, -0.05) is 46.9 Å². The molecule has 0 aliphatic rings. The number of halogens is 1. The highest BCUT2D eigenvalue weighted by atomic mass is 127. The first-order valence-electron chi connectivity index (χ1n) is 11.7. The molecule has 1 unspecified atom stereocenters. The minimum atomic E-state index is -4.38. The zero-order valence-corrected chi connectivity index (χ0v) is 23.2. The van der Waals surface area contributed by atoms with Crippen LogP contribution in [0.25, 0.3) is 0 Å². The average molecular weight is 650 g/mol. The molecule has 3 rings (SSSR count). The summed E-state index contributed by atoms with van der Waals surface area (Å²) in [5.74, 6) is -0.108. The second-order valence-electron chi connectivity index (χ2n) is 8.11. The van der Waals surface area contributed by atoms with Crippen LogP contribution >= 0.6 is 22.6 Å². The van der Waals surface area contributed by atoms with Gasteiger partial charge in [0, 0.05) is 35.0 Å². The predicted octanol–water partition coefficient (Wildman–Crippen LogP) is 3.30. The molecule has 0 spiro atoms. The van der Waals surface area contributed by atoms with E-state index >= 15 is 0 Å². The molecule has 2 amide bonds. The first-order chi connectivity index (χ1) is 18.3. The van der Waals surface area contributed by atoms with Crippen molar-refractivity contribution >= 4 is 56.6 Å². The largest absolute Gasteiger partial charge is 0.351 e. The van der Waals surface area contributed by atoms with Crippen molar-refractivity contribution in [2.45, 2.75) is 30.2 Å². The lowest BCUT2D eigenvalue weighted by atomic mass is 10.1. The third-order valence-corrected chi connectivity index (χ3v) is 7.28. The second kappa shape index (κ2) is 14.5. The number of amides is 2. The van der Waals surface area contributed by atoms with Gasteiger partial charge in [-0.15, -0.1) is 0 Å². The number of hydrogen-bond acceptors (Lipinski definition) is 8. The first kappa shape index (κ1) is 29.1. The van der Waals surface area contributed by atoms with Crippen molar-refractivity contribution in [3.63, 3.8) is 0 Å². The van der Waals surface area contributed by atoms with Crippen LogP contribution in [0, 0.1) is 0 Å². The third kappa shape index (κ3) is 9.15. The van der Waals surface area contributed by atoms with Gasteiger partial charge in [0.1, 0.15) is 16.4 Å². The van der Waals surface area contributed by atoms with Crippen LogP contribution in [-0.2, 0) is 10.1 Å². The quantitative estimate of drug-likeness (QED) is 0.0547. The van der Waals surface area contributed by atoms with E-state index in [-0.39, 0.29) is 28.3 Å². The molecule has 0 bridgehead atoms. The predicted molar refractivity (Wildman–Crippen MR) is 152 cm³/mol. The van der Waals surface area contributed by atoms with Gasteiger partial charge in [-0.3, -0.25) is 24.6 Å². The van der Waals surface area contributed by atoms with Crippen LogP contribution in [0.15, 0.2) is 77.0 Å². The number of carbonyl (C=O) groups excluding carboxylic acids is 2. The van der Waals surface area contributed by atoms with Gasteiger partial charge in [-0.25, -0.2) is 4.98 Å². The van der Waals surface area contributed by atoms with Gasteiger partial charge < -0.3 is 10.6 Å². The molecule has 13 heteroatoms. The fourth-order valence-corrected chi connectivity index (χ4v) is 4.68. The average Bonchev–Trinajstić information content (AvgIpc) is 2.92. The van der Waals surface area contributed by atoms with E-state index in [1.807, 2.05) is 0 Å². The van der Waals surface area contributed by atoms with Crippen molar-refractivity contribution < 1.29 is 22.6 Å². The van der Waals surface area contributed by atoms with Crippen LogP contribution < -0.4 is 16.1 Å². The monoisotopic (exact) mass is 650 g/mol. The van der Waals surface area contributed by atoms with Crippen LogP contribution in [-0.4, -0.2) is 58.0 Å². The molecule has 0 aliphatic heterocycles. The maximum atomic E-state index is 12.6. The molecular weight excluding hydrogens is 623 g/mol. The van der Waals surface area contributed by atoms with Gasteiger partial charge in [0.15, 0.2) is 0 Å². The number of aromatic nitrogens is 2. The van der Waals surface area contributed by atoms with Crippen molar-refractivity contribution in [2.75, 3.05) is 16.4 Å². The normalized spacial score (nSPS) is 12.2. The molecule has 38 heavy (non-hydrogen) atoms. The fraction of sp³-hybridized carbons (Fsp3) is 0.240. The van der Waals surface area contributed by atoms with E-state index in [9.17, 15) is 22.6 Å². The third-order valence-electron chi connectivity index (χ3n) is 5.29. The van der Waals surface area contributed by atoms with Gasteiger partial charge in [-0.2, -0.15) is 13.5 Å². The number of hydrazone groups is 1. The number of unbranched alkanes of at least 4 members (excludes halogenated alkanes) is 1. The Morgan fingerprint density at radius 2 is 1.82 bits per heavy atom. The summed E-state index contributed by atoms with van der Waals surface area (Å²) in [7, 11) is -4.38. The maximum absolute atomic E-state index is 12.6. The van der Waals surface area contributed by atoms with E-state index in [0.717, 1.165) is 23.7 Å². The van der Waals surface area contributed by atoms with E-state index < -0.39 is 10.1 Å². The molecule has 0 saturated carbocycles. The Bertz CT molecular complexity index is 1350. The number of benzene rings is 1. The molecule has 3 aromatic rings. The molecule has 11 nitrogen and oxygen atoms in total. The second-order valence-corrected chi connectivity index (χ2v) is 10.4. The van der Waals surface area contributed by atoms with E-state index in [1.54, 1.807) is 42.6 Å². The molecule has 1 aromatic carbocycles. The lowest BCUT2D eigenvalue weighted by Crippen LogP contribution is -2.36. The lowest BCUT2D eigenvalue weighted by molar-refractivity contribution is 0.0937. The van der Waals surface area contributed by atoms with Gasteiger partial charge in [0.25, 0.3) is 21.9 Å². The van der Waals surface area contributed by atoms with E-state index in [1.165, 1.54) is 30.6 Å². The molecule has 0 saturated heterocycles. The number of alkyl halides is 1. The Morgan fingerprint density at radius 1 is 1.03 bits per heavy atom. The Balaban J connectivity index is 1.43. The lowest BCUT2D eigenvalue weighted by Gasteiger charge is -2.16. The molecule has 0 fully saturated rings. The van der Waals surface area contributed by atoms with E-state index in [0.29, 0.717) is 23.6 Å². The van der Waals surface area contributed by atoms with Crippen molar-refractivity contribution in [3.8, 4) is 0 Å². The maximum Gasteiger partial charge on any atom is 0.295 e. The molecule has 2 heterocycles. The number of nitrogens with zero attached hydrogens (tertiary/aromatic N) is 3. The molecule has 4 N–H and O–H groups in total. The number of carbonyl (C=O) groups is 2. The van der Waals surface area contributed by atoms with E-state index in [2.05, 4.69) is 53.7 Å². The number of nitrogens with one attached hydrogen (secondary N) is 3. The molecule has 2 aromatic heterocycles. The summed E-state index contributed by atoms with van der Waals surface area (Å²) in [6, 6.07) is 14.2. The first-order valence-corrected chi connectivity index (χ1v) is 14.6. The van der Waals surface area contributed by atoms with Crippen molar-refractivity contribution in [3.05, 3.63) is 83.8 Å². The van der Waals surface area contributed by atoms with Crippen LogP contribution in [0.3, 0.4) is 0 Å². The standard InChI is InChI=1S/C25H27IN6O5S/c26-15-20(8-3-5-14-28-25(34)21-9-4-6-13-27-21)31-24(33)19-11-12-23(29-16-19)32-30-17-18-7-1-2-10-22(18)38(35,36)37/h1-2,4,6-7,9-13,16-17,20H,3,5,8,14-15H2,(H,28,34)(H,29,32)(H,31,33)(H,35,36,37). The van der Waals surface area contributed by atoms with Gasteiger partial charge in [0.05, 0.1) is 11.8 Å². The Kier molecular flexibility index (Phi) is 11.1. The van der Waals surface area contributed by atoms with Crippen LogP contribution in [0.5, 0.6) is 0 Å². The van der Waals surface area contributed by atoms with Crippen molar-refractivity contribution in [1.29, 1.82) is 0 Å². The topological polar surface area (TPSA) is 163 Å². The molecule has 200 valence electrons. The molecule has 0 aliphatic carbocycles. The highest BCUT2D eigenvalue weighted by molar-refractivity contribution is 14.1. The zero-order chi connectivity index (χ0) is 27.4. The smallest absolute Gasteiger partial charge is 0.295 e. The summed E-state index contributed by atoms with van der Waals surface area (Å²) in [4.78, 5) is 32.6. The highest BCUT2D eigenvalue weighted by Crippen LogP contribution is 2.13. The Morgan fingerprint density at radius 3 is 2.50 bits per heavy atom. The van der Waals surface area contributed by atoms with Crippen LogP contribution in [0.4, 0.5) is 5.82 Å². The van der Waals surface area contributed by atoms with Crippen LogP contribution in [0.1, 0.15) is 45.7 Å². The zero-order valence-electron chi connectivity index (χ0n) is 20.2. The van der Waals surface area contributed by atoms with Crippen LogP contribution in [0.2, 0.25) is 0 Å². The Labute approximate surface area is 234 Å². The van der Waals surface area contributed by atoms with Gasteiger partial charge in [0.2, 0.25) is 0 Å². The summed E-state index contributed by atoms with van der Waals surface area (Å²) < 4.78 is 32.9. The summed E-state index contributed by atoms with van der Waals surface area (Å²) in [5.41, 5.74) is 3.64. The number of rotatable bonds is 13. The summed E-state index contributed by atoms with van der Waals surface area (Å²) in [5, 5.41) is 9.80. The molecule has 0 radical (unpaired) electrons. The summed E-state index contributed by atoms with van der Waals surface area (Å²) in [6.07, 6.45) is 6.61. The van der Waals surface area contributed by atoms with Crippen molar-refractivity contribution in [2.24, 2.45) is 5.10 Å². The number of pyridine rings is 2. The minimum absolute atomic E-state index is 0.0279. The number of anilines is 1. The van der Waals surface area contributed by atoms with E-state index in [4.69, 9.17) is 0 Å².